The van der Waals surface area contributed by atoms with Gasteiger partial charge in [-0.2, -0.15) is 0 Å². The third-order valence-corrected chi connectivity index (χ3v) is 9.70. The van der Waals surface area contributed by atoms with E-state index in [9.17, 15) is 27.5 Å². The van der Waals surface area contributed by atoms with Gasteiger partial charge in [0.05, 0.1) is 35.3 Å². The third-order valence-electron chi connectivity index (χ3n) is 8.30. The van der Waals surface area contributed by atoms with Crippen LogP contribution in [0.3, 0.4) is 0 Å². The predicted molar refractivity (Wildman–Crippen MR) is 180 cm³/mol. The average molecular weight is 679 g/mol. The lowest BCUT2D eigenvalue weighted by Crippen LogP contribution is -2.48. The van der Waals surface area contributed by atoms with Crippen LogP contribution in [0.4, 0.5) is 10.1 Å². The largest absolute Gasteiger partial charge is 0.490 e. The number of hydrogen-bond donors (Lipinski definition) is 2. The van der Waals surface area contributed by atoms with E-state index in [1.54, 1.807) is 24.9 Å². The van der Waals surface area contributed by atoms with Crippen molar-refractivity contribution >= 4 is 27.5 Å². The van der Waals surface area contributed by atoms with Gasteiger partial charge >= 0.3 is 0 Å². The van der Waals surface area contributed by atoms with Crippen LogP contribution in [-0.2, 0) is 19.6 Å². The highest BCUT2D eigenvalue weighted by Crippen LogP contribution is 2.29. The highest BCUT2D eigenvalue weighted by Gasteiger charge is 2.31. The number of carbonyl (C=O) groups is 2. The molecule has 0 unspecified atom stereocenters. The molecular weight excluding hydrogens is 627 g/mol. The molecule has 2 aromatic carbocycles. The summed E-state index contributed by atoms with van der Waals surface area (Å²) in [6.07, 6.45) is 2.83. The van der Waals surface area contributed by atoms with Crippen molar-refractivity contribution in [3.63, 3.8) is 0 Å². The van der Waals surface area contributed by atoms with Gasteiger partial charge in [0.15, 0.2) is 0 Å². The minimum atomic E-state index is -4.09. The van der Waals surface area contributed by atoms with Gasteiger partial charge in [0.25, 0.3) is 15.9 Å². The van der Waals surface area contributed by atoms with Crippen LogP contribution in [0.15, 0.2) is 47.4 Å². The molecule has 2 amide bonds. The first-order valence-corrected chi connectivity index (χ1v) is 17.7. The lowest BCUT2D eigenvalue weighted by Gasteiger charge is -2.36. The van der Waals surface area contributed by atoms with Crippen molar-refractivity contribution in [3.8, 4) is 5.75 Å². The van der Waals surface area contributed by atoms with Gasteiger partial charge in [-0.1, -0.05) is 6.92 Å². The molecule has 0 saturated heterocycles. The Morgan fingerprint density at radius 2 is 1.83 bits per heavy atom. The molecule has 0 bridgehead atoms. The highest BCUT2D eigenvalue weighted by atomic mass is 32.2. The number of aliphatic hydroxyl groups is 1. The topological polar surface area (TPSA) is 129 Å². The number of ether oxygens (including phenoxy) is 2. The number of rotatable bonds is 11. The number of nitrogens with one attached hydrogen (secondary N) is 1. The fraction of sp³-hybridized carbons (Fsp3) is 0.588. The molecule has 0 spiro atoms. The standard InChI is InChI=1S/C34H51FN4O7S/c1-24-21-39(25(2)23-40)34(42)30-20-28(36-47(43,44)29-15-12-27(35)13-16-29)14-17-31(30)46-26(3)10-7-8-19-45-32(24)22-38(6)33(41)11-9-18-37(4)5/h12-17,20,24-26,32,36,40H,7-11,18-19,21-23H2,1-6H3/t24-,25-,26-,32-/m0/s1. The normalized spacial score (nSPS) is 20.6. The molecule has 2 N–H and O–H groups in total. The Kier molecular flexibility index (Phi) is 14.4. The van der Waals surface area contributed by atoms with Crippen LogP contribution in [0.25, 0.3) is 0 Å². The molecule has 0 radical (unpaired) electrons. The van der Waals surface area contributed by atoms with Gasteiger partial charge in [0.2, 0.25) is 5.91 Å². The Hall–Kier alpha value is -3.26. The highest BCUT2D eigenvalue weighted by molar-refractivity contribution is 7.92. The summed E-state index contributed by atoms with van der Waals surface area (Å²) in [5.74, 6) is -0.925. The van der Waals surface area contributed by atoms with Gasteiger partial charge in [-0.25, -0.2) is 12.8 Å². The smallest absolute Gasteiger partial charge is 0.261 e. The van der Waals surface area contributed by atoms with E-state index in [1.807, 2.05) is 32.8 Å². The summed E-state index contributed by atoms with van der Waals surface area (Å²) >= 11 is 0. The van der Waals surface area contributed by atoms with Crippen LogP contribution in [-0.4, -0.2) is 112 Å². The van der Waals surface area contributed by atoms with E-state index in [0.717, 1.165) is 50.1 Å². The molecule has 0 fully saturated rings. The molecule has 262 valence electrons. The van der Waals surface area contributed by atoms with Crippen molar-refractivity contribution in [1.82, 2.24) is 14.7 Å². The van der Waals surface area contributed by atoms with Crippen LogP contribution in [0.2, 0.25) is 0 Å². The zero-order valence-corrected chi connectivity index (χ0v) is 29.3. The van der Waals surface area contributed by atoms with E-state index in [-0.39, 0.29) is 53.3 Å². The van der Waals surface area contributed by atoms with E-state index in [4.69, 9.17) is 9.47 Å². The van der Waals surface area contributed by atoms with Gasteiger partial charge in [-0.05, 0) is 103 Å². The minimum Gasteiger partial charge on any atom is -0.490 e. The molecule has 0 aliphatic carbocycles. The molecule has 0 aromatic heterocycles. The van der Waals surface area contributed by atoms with Crippen molar-refractivity contribution in [3.05, 3.63) is 53.8 Å². The second kappa shape index (κ2) is 17.8. The summed E-state index contributed by atoms with van der Waals surface area (Å²) in [5.41, 5.74) is 0.255. The Balaban J connectivity index is 1.93. The maximum atomic E-state index is 14.3. The first-order valence-electron chi connectivity index (χ1n) is 16.2. The zero-order chi connectivity index (χ0) is 34.7. The third kappa shape index (κ3) is 11.4. The van der Waals surface area contributed by atoms with E-state index in [1.165, 1.54) is 17.0 Å². The number of aliphatic hydroxyl groups excluding tert-OH is 1. The van der Waals surface area contributed by atoms with Gasteiger partial charge in [-0.15, -0.1) is 0 Å². The van der Waals surface area contributed by atoms with Gasteiger partial charge in [0, 0.05) is 44.8 Å². The number of likely N-dealkylation sites (N-methyl/N-ethyl adjacent to an activating group) is 1. The molecule has 47 heavy (non-hydrogen) atoms. The Morgan fingerprint density at radius 1 is 1.13 bits per heavy atom. The molecular formula is C34H51FN4O7S. The molecule has 13 heteroatoms. The van der Waals surface area contributed by atoms with Gasteiger partial charge in [-0.3, -0.25) is 14.3 Å². The number of sulfonamides is 1. The van der Waals surface area contributed by atoms with Gasteiger partial charge in [0.1, 0.15) is 11.6 Å². The molecule has 2 aromatic rings. The number of carbonyl (C=O) groups excluding carboxylic acids is 2. The fourth-order valence-corrected chi connectivity index (χ4v) is 6.44. The number of halogens is 1. The van der Waals surface area contributed by atoms with Crippen LogP contribution in [0, 0.1) is 11.7 Å². The van der Waals surface area contributed by atoms with Crippen molar-refractivity contribution < 1.29 is 37.0 Å². The zero-order valence-electron chi connectivity index (χ0n) is 28.4. The first kappa shape index (κ1) is 38.2. The Morgan fingerprint density at radius 3 is 2.49 bits per heavy atom. The maximum absolute atomic E-state index is 14.3. The van der Waals surface area contributed by atoms with E-state index in [2.05, 4.69) is 4.72 Å². The second-order valence-corrected chi connectivity index (χ2v) is 14.4. The van der Waals surface area contributed by atoms with Crippen LogP contribution in [0.1, 0.15) is 63.2 Å². The van der Waals surface area contributed by atoms with E-state index in [0.29, 0.717) is 31.7 Å². The number of nitrogens with zero attached hydrogens (tertiary/aromatic N) is 3. The van der Waals surface area contributed by atoms with Crippen LogP contribution in [0.5, 0.6) is 5.75 Å². The summed E-state index contributed by atoms with van der Waals surface area (Å²) in [6, 6.07) is 8.34. The minimum absolute atomic E-state index is 0.0224. The summed E-state index contributed by atoms with van der Waals surface area (Å²) in [6.45, 7) is 7.14. The second-order valence-electron chi connectivity index (χ2n) is 12.8. The number of hydrogen-bond acceptors (Lipinski definition) is 8. The first-order chi connectivity index (χ1) is 22.2. The molecule has 0 saturated carbocycles. The number of amides is 2. The SMILES string of the molecule is C[C@H]1CCCCO[C@@H](CN(C)C(=O)CCCN(C)C)[C@@H](C)CN([C@@H](C)CO)C(=O)c2cc(NS(=O)(=O)c3ccc(F)cc3)ccc2O1. The summed E-state index contributed by atoms with van der Waals surface area (Å²) < 4.78 is 54.6. The summed E-state index contributed by atoms with van der Waals surface area (Å²) in [4.78, 5) is 32.4. The Labute approximate surface area is 279 Å². The quantitative estimate of drug-likeness (QED) is 0.362. The van der Waals surface area contributed by atoms with Crippen molar-refractivity contribution in [2.24, 2.45) is 5.92 Å². The fourth-order valence-electron chi connectivity index (χ4n) is 5.39. The number of anilines is 1. The van der Waals surface area contributed by atoms with Crippen molar-refractivity contribution in [2.75, 3.05) is 58.7 Å². The molecule has 4 atom stereocenters. The van der Waals surface area contributed by atoms with Crippen LogP contribution < -0.4 is 9.46 Å². The Bertz CT molecular complexity index is 1420. The van der Waals surface area contributed by atoms with Crippen LogP contribution >= 0.6 is 0 Å². The average Bonchev–Trinajstić information content (AvgIpc) is 3.02. The van der Waals surface area contributed by atoms with Gasteiger partial charge < -0.3 is 29.3 Å². The maximum Gasteiger partial charge on any atom is 0.261 e. The lowest BCUT2D eigenvalue weighted by molar-refractivity contribution is -0.132. The monoisotopic (exact) mass is 678 g/mol. The van der Waals surface area contributed by atoms with Crippen molar-refractivity contribution in [2.45, 2.75) is 76.0 Å². The number of fused-ring (bicyclic) bond motifs is 1. The van der Waals surface area contributed by atoms with E-state index >= 15 is 0 Å². The molecule has 1 aliphatic heterocycles. The summed E-state index contributed by atoms with van der Waals surface area (Å²) in [5, 5.41) is 10.2. The number of benzene rings is 2. The molecule has 11 nitrogen and oxygen atoms in total. The molecule has 1 heterocycles. The lowest BCUT2D eigenvalue weighted by atomic mass is 10.0. The van der Waals surface area contributed by atoms with E-state index < -0.39 is 27.8 Å². The molecule has 1 aliphatic rings. The molecule has 3 rings (SSSR count). The summed E-state index contributed by atoms with van der Waals surface area (Å²) in [7, 11) is 1.62. The predicted octanol–water partition coefficient (Wildman–Crippen LogP) is 4.22. The van der Waals surface area contributed by atoms with Crippen molar-refractivity contribution in [1.29, 1.82) is 0 Å².